The van der Waals surface area contributed by atoms with Gasteiger partial charge in [0.2, 0.25) is 0 Å². The van der Waals surface area contributed by atoms with Gasteiger partial charge in [0, 0.05) is 12.6 Å². The van der Waals surface area contributed by atoms with Crippen LogP contribution in [0.4, 0.5) is 13.2 Å². The number of hydrogen-bond acceptors (Lipinski definition) is 3. The maximum absolute atomic E-state index is 12.0. The summed E-state index contributed by atoms with van der Waals surface area (Å²) in [5.74, 6) is -1.15. The van der Waals surface area contributed by atoms with E-state index in [4.69, 9.17) is 5.11 Å². The number of carboxylic acid groups (broad SMARTS) is 1. The van der Waals surface area contributed by atoms with Gasteiger partial charge in [0.05, 0.1) is 6.42 Å². The Morgan fingerprint density at radius 3 is 2.33 bits per heavy atom. The molecular weight excluding hydrogens is 287 g/mol. The van der Waals surface area contributed by atoms with E-state index >= 15 is 0 Å². The van der Waals surface area contributed by atoms with Crippen molar-refractivity contribution in [1.29, 1.82) is 0 Å². The average molecular weight is 305 g/mol. The first kappa shape index (κ1) is 17.3. The highest BCUT2D eigenvalue weighted by Gasteiger charge is 2.31. The molecule has 1 aromatic rings. The first-order chi connectivity index (χ1) is 9.71. The van der Waals surface area contributed by atoms with Gasteiger partial charge in [-0.15, -0.1) is 13.2 Å². The summed E-state index contributed by atoms with van der Waals surface area (Å²) in [7, 11) is 0. The molecular formula is C14H18F3NO3. The van der Waals surface area contributed by atoms with E-state index < -0.39 is 12.3 Å². The van der Waals surface area contributed by atoms with E-state index in [-0.39, 0.29) is 18.2 Å². The fourth-order valence-corrected chi connectivity index (χ4v) is 1.99. The molecule has 0 saturated carbocycles. The van der Waals surface area contributed by atoms with Crippen molar-refractivity contribution < 1.29 is 27.8 Å². The van der Waals surface area contributed by atoms with Gasteiger partial charge < -0.3 is 9.84 Å². The molecule has 0 aliphatic carbocycles. The van der Waals surface area contributed by atoms with Crippen LogP contribution in [0.5, 0.6) is 5.75 Å². The SMILES string of the molecule is CCN(Cc1ccc(OC(F)(F)F)cc1)C(C)CC(=O)O. The van der Waals surface area contributed by atoms with E-state index in [0.717, 1.165) is 5.56 Å². The van der Waals surface area contributed by atoms with Crippen molar-refractivity contribution in [3.05, 3.63) is 29.8 Å². The van der Waals surface area contributed by atoms with Crippen molar-refractivity contribution in [2.75, 3.05) is 6.54 Å². The molecule has 21 heavy (non-hydrogen) atoms. The minimum absolute atomic E-state index is 0.0170. The Labute approximate surface area is 121 Å². The highest BCUT2D eigenvalue weighted by molar-refractivity contribution is 5.67. The summed E-state index contributed by atoms with van der Waals surface area (Å²) >= 11 is 0. The molecule has 4 nitrogen and oxygen atoms in total. The summed E-state index contributed by atoms with van der Waals surface area (Å²) in [6.07, 6.45) is -4.68. The van der Waals surface area contributed by atoms with Gasteiger partial charge in [-0.05, 0) is 31.2 Å². The monoisotopic (exact) mass is 305 g/mol. The summed E-state index contributed by atoms with van der Waals surface area (Å²) in [5.41, 5.74) is 0.795. The number of aliphatic carboxylic acids is 1. The Balaban J connectivity index is 2.67. The van der Waals surface area contributed by atoms with Crippen molar-refractivity contribution in [2.24, 2.45) is 0 Å². The van der Waals surface area contributed by atoms with E-state index in [0.29, 0.717) is 13.1 Å². The van der Waals surface area contributed by atoms with Gasteiger partial charge in [-0.25, -0.2) is 0 Å². The molecule has 0 amide bonds. The number of alkyl halides is 3. The highest BCUT2D eigenvalue weighted by atomic mass is 19.4. The molecule has 1 N–H and O–H groups in total. The highest BCUT2D eigenvalue weighted by Crippen LogP contribution is 2.23. The molecule has 118 valence electrons. The third-order valence-corrected chi connectivity index (χ3v) is 3.04. The molecule has 0 spiro atoms. The molecule has 1 unspecified atom stereocenters. The van der Waals surface area contributed by atoms with Gasteiger partial charge in [-0.3, -0.25) is 9.69 Å². The van der Waals surface area contributed by atoms with Crippen LogP contribution in [0.15, 0.2) is 24.3 Å². The lowest BCUT2D eigenvalue weighted by Crippen LogP contribution is -2.34. The zero-order valence-electron chi connectivity index (χ0n) is 11.9. The molecule has 0 aliphatic rings. The number of rotatable bonds is 7. The number of carbonyl (C=O) groups is 1. The Morgan fingerprint density at radius 2 is 1.90 bits per heavy atom. The third kappa shape index (κ3) is 6.48. The number of carboxylic acids is 1. The maximum Gasteiger partial charge on any atom is 0.573 e. The molecule has 1 aromatic carbocycles. The topological polar surface area (TPSA) is 49.8 Å². The van der Waals surface area contributed by atoms with E-state index in [9.17, 15) is 18.0 Å². The van der Waals surface area contributed by atoms with E-state index in [1.54, 1.807) is 6.92 Å². The second-order valence-electron chi connectivity index (χ2n) is 4.70. The van der Waals surface area contributed by atoms with Gasteiger partial charge in [-0.2, -0.15) is 0 Å². The van der Waals surface area contributed by atoms with Crippen molar-refractivity contribution in [1.82, 2.24) is 4.90 Å². The van der Waals surface area contributed by atoms with Crippen LogP contribution in [0.2, 0.25) is 0 Å². The van der Waals surface area contributed by atoms with Crippen molar-refractivity contribution in [3.8, 4) is 5.75 Å². The van der Waals surface area contributed by atoms with Crippen LogP contribution in [-0.4, -0.2) is 34.9 Å². The molecule has 0 aromatic heterocycles. The second-order valence-corrected chi connectivity index (χ2v) is 4.70. The first-order valence-corrected chi connectivity index (χ1v) is 6.51. The largest absolute Gasteiger partial charge is 0.573 e. The van der Waals surface area contributed by atoms with E-state index in [1.165, 1.54) is 24.3 Å². The Morgan fingerprint density at radius 1 is 1.33 bits per heavy atom. The predicted octanol–water partition coefficient (Wildman–Crippen LogP) is 3.27. The van der Waals surface area contributed by atoms with Crippen LogP contribution in [0.3, 0.4) is 0 Å². The Bertz CT molecular complexity index is 460. The number of hydrogen-bond donors (Lipinski definition) is 1. The summed E-state index contributed by atoms with van der Waals surface area (Å²) < 4.78 is 39.9. The summed E-state index contributed by atoms with van der Waals surface area (Å²) in [5, 5.41) is 8.79. The van der Waals surface area contributed by atoms with Crippen LogP contribution < -0.4 is 4.74 Å². The summed E-state index contributed by atoms with van der Waals surface area (Å²) in [4.78, 5) is 12.6. The van der Waals surface area contributed by atoms with Crippen LogP contribution in [0.25, 0.3) is 0 Å². The standard InChI is InChI=1S/C14H18F3NO3/c1-3-18(10(2)8-13(19)20)9-11-4-6-12(7-5-11)21-14(15,16)17/h4-7,10H,3,8-9H2,1-2H3,(H,19,20). The van der Waals surface area contributed by atoms with Crippen molar-refractivity contribution in [3.63, 3.8) is 0 Å². The second kappa shape index (κ2) is 7.31. The molecule has 0 bridgehead atoms. The van der Waals surface area contributed by atoms with Crippen molar-refractivity contribution in [2.45, 2.75) is 39.2 Å². The minimum atomic E-state index is -4.70. The zero-order chi connectivity index (χ0) is 16.0. The molecule has 1 rings (SSSR count). The average Bonchev–Trinajstić information content (AvgIpc) is 2.35. The quantitative estimate of drug-likeness (QED) is 0.840. The smallest absolute Gasteiger partial charge is 0.481 e. The molecule has 0 radical (unpaired) electrons. The van der Waals surface area contributed by atoms with Gasteiger partial charge in [0.1, 0.15) is 5.75 Å². The minimum Gasteiger partial charge on any atom is -0.481 e. The molecule has 7 heteroatoms. The van der Waals surface area contributed by atoms with Gasteiger partial charge in [0.25, 0.3) is 0 Å². The van der Waals surface area contributed by atoms with Gasteiger partial charge in [-0.1, -0.05) is 19.1 Å². The molecule has 0 saturated heterocycles. The lowest BCUT2D eigenvalue weighted by molar-refractivity contribution is -0.274. The van der Waals surface area contributed by atoms with Gasteiger partial charge in [0.15, 0.2) is 0 Å². The third-order valence-electron chi connectivity index (χ3n) is 3.04. The lowest BCUT2D eigenvalue weighted by atomic mass is 10.1. The van der Waals surface area contributed by atoms with E-state index in [1.807, 2.05) is 11.8 Å². The van der Waals surface area contributed by atoms with Crippen LogP contribution >= 0.6 is 0 Å². The predicted molar refractivity (Wildman–Crippen MR) is 70.9 cm³/mol. The van der Waals surface area contributed by atoms with Crippen LogP contribution in [0, 0.1) is 0 Å². The van der Waals surface area contributed by atoms with Crippen LogP contribution in [-0.2, 0) is 11.3 Å². The zero-order valence-corrected chi connectivity index (χ0v) is 11.9. The summed E-state index contributed by atoms with van der Waals surface area (Å²) in [6, 6.07) is 5.42. The number of ether oxygens (including phenoxy) is 1. The number of benzene rings is 1. The molecule has 0 fully saturated rings. The molecule has 0 heterocycles. The van der Waals surface area contributed by atoms with Crippen LogP contribution in [0.1, 0.15) is 25.8 Å². The van der Waals surface area contributed by atoms with Crippen molar-refractivity contribution >= 4 is 5.97 Å². The Hall–Kier alpha value is -1.76. The maximum atomic E-state index is 12.0. The normalized spacial score (nSPS) is 13.2. The lowest BCUT2D eigenvalue weighted by Gasteiger charge is -2.26. The van der Waals surface area contributed by atoms with Gasteiger partial charge >= 0.3 is 12.3 Å². The molecule has 1 atom stereocenters. The molecule has 0 aliphatic heterocycles. The number of halogens is 3. The fourth-order valence-electron chi connectivity index (χ4n) is 1.99. The first-order valence-electron chi connectivity index (χ1n) is 6.51. The number of nitrogens with zero attached hydrogens (tertiary/aromatic N) is 1. The summed E-state index contributed by atoms with van der Waals surface area (Å²) in [6.45, 7) is 4.82. The Kier molecular flexibility index (Phi) is 6.02. The van der Waals surface area contributed by atoms with E-state index in [2.05, 4.69) is 4.74 Å². The fraction of sp³-hybridized carbons (Fsp3) is 0.500.